The molecule has 0 unspecified atom stereocenters. The molecule has 1 fully saturated rings. The molecule has 122 valence electrons. The van der Waals surface area contributed by atoms with Gasteiger partial charge in [-0.05, 0) is 44.5 Å². The maximum absolute atomic E-state index is 12.7. The van der Waals surface area contributed by atoms with Crippen molar-refractivity contribution in [2.45, 2.75) is 25.7 Å². The maximum Gasteiger partial charge on any atom is 0.243 e. The van der Waals surface area contributed by atoms with Crippen LogP contribution in [0.4, 0.5) is 0 Å². The Balaban J connectivity index is 2.06. The fourth-order valence-electron chi connectivity index (χ4n) is 2.39. The van der Waals surface area contributed by atoms with Gasteiger partial charge in [0.25, 0.3) is 0 Å². The highest BCUT2D eigenvalue weighted by molar-refractivity contribution is 9.10. The number of hydrogen-bond acceptors (Lipinski definition) is 3. The molecule has 0 amide bonds. The third kappa shape index (κ3) is 4.19. The molecule has 1 saturated heterocycles. The number of rotatable bonds is 4. The Labute approximate surface area is 142 Å². The normalized spacial score (nSPS) is 17.5. The van der Waals surface area contributed by atoms with E-state index in [4.69, 9.17) is 0 Å². The minimum absolute atomic E-state index is 0.381. The molecule has 4 nitrogen and oxygen atoms in total. The summed E-state index contributed by atoms with van der Waals surface area (Å²) in [6.07, 6.45) is 2.18. The van der Waals surface area contributed by atoms with Gasteiger partial charge in [0.2, 0.25) is 10.0 Å². The molecule has 0 saturated carbocycles. The number of halogens is 1. The van der Waals surface area contributed by atoms with Crippen LogP contribution in [0.15, 0.2) is 39.2 Å². The van der Waals surface area contributed by atoms with Crippen LogP contribution in [-0.2, 0) is 10.0 Å². The van der Waals surface area contributed by atoms with Crippen molar-refractivity contribution in [2.75, 3.05) is 32.7 Å². The van der Waals surface area contributed by atoms with Crippen LogP contribution in [0.2, 0.25) is 0 Å². The van der Waals surface area contributed by atoms with E-state index in [-0.39, 0.29) is 0 Å². The first-order valence-corrected chi connectivity index (χ1v) is 9.66. The van der Waals surface area contributed by atoms with Crippen LogP contribution in [-0.4, -0.2) is 50.3 Å². The summed E-state index contributed by atoms with van der Waals surface area (Å²) in [5.74, 6) is 0. The number of nitrogens with zero attached hydrogens (tertiary/aromatic N) is 2. The van der Waals surface area contributed by atoms with Crippen molar-refractivity contribution >= 4 is 26.0 Å². The largest absolute Gasteiger partial charge is 0.297 e. The molecular weight excluding hydrogens is 364 g/mol. The van der Waals surface area contributed by atoms with Crippen molar-refractivity contribution in [1.29, 1.82) is 0 Å². The fraction of sp³-hybridized carbons (Fsp3) is 0.500. The number of piperazine rings is 1. The lowest BCUT2D eigenvalue weighted by Gasteiger charge is -2.33. The Hall–Kier alpha value is -0.690. The molecule has 1 aromatic carbocycles. The number of allylic oxidation sites excluding steroid dienone is 1. The number of hydrogen-bond donors (Lipinski definition) is 0. The van der Waals surface area contributed by atoms with Gasteiger partial charge in [0.1, 0.15) is 0 Å². The highest BCUT2D eigenvalue weighted by atomic mass is 79.9. The summed E-state index contributed by atoms with van der Waals surface area (Å²) in [6, 6.07) is 5.20. The lowest BCUT2D eigenvalue weighted by Crippen LogP contribution is -2.48. The van der Waals surface area contributed by atoms with Crippen LogP contribution in [0.25, 0.3) is 0 Å². The molecule has 1 aromatic rings. The molecule has 0 bridgehead atoms. The second kappa shape index (κ2) is 7.25. The van der Waals surface area contributed by atoms with Gasteiger partial charge in [-0.25, -0.2) is 8.42 Å². The molecule has 1 aliphatic rings. The van der Waals surface area contributed by atoms with E-state index in [1.165, 1.54) is 5.57 Å². The van der Waals surface area contributed by atoms with Crippen molar-refractivity contribution in [1.82, 2.24) is 9.21 Å². The van der Waals surface area contributed by atoms with Crippen molar-refractivity contribution in [3.05, 3.63) is 39.9 Å². The summed E-state index contributed by atoms with van der Waals surface area (Å²) < 4.78 is 27.9. The first-order valence-electron chi connectivity index (χ1n) is 7.43. The molecule has 6 heteroatoms. The highest BCUT2D eigenvalue weighted by Crippen LogP contribution is 2.23. The van der Waals surface area contributed by atoms with Crippen LogP contribution >= 0.6 is 15.9 Å². The summed E-state index contributed by atoms with van der Waals surface area (Å²) in [4.78, 5) is 2.66. The molecule has 2 rings (SSSR count). The number of sulfonamides is 1. The predicted octanol–water partition coefficient (Wildman–Crippen LogP) is 3.03. The van der Waals surface area contributed by atoms with Crippen molar-refractivity contribution in [3.8, 4) is 0 Å². The summed E-state index contributed by atoms with van der Waals surface area (Å²) in [6.45, 7) is 9.61. The van der Waals surface area contributed by atoms with Crippen LogP contribution in [0, 0.1) is 6.92 Å². The van der Waals surface area contributed by atoms with E-state index in [0.717, 1.165) is 29.7 Å². The second-order valence-corrected chi connectivity index (χ2v) is 8.69. The van der Waals surface area contributed by atoms with Gasteiger partial charge in [0.05, 0.1) is 4.90 Å². The first-order chi connectivity index (χ1) is 10.3. The maximum atomic E-state index is 12.7. The smallest absolute Gasteiger partial charge is 0.243 e. The Bertz CT molecular complexity index is 659. The zero-order valence-electron chi connectivity index (χ0n) is 13.3. The van der Waals surface area contributed by atoms with Crippen molar-refractivity contribution < 1.29 is 8.42 Å². The molecule has 1 aliphatic heterocycles. The Morgan fingerprint density at radius 2 is 1.86 bits per heavy atom. The lowest BCUT2D eigenvalue weighted by atomic mass is 10.2. The Morgan fingerprint density at radius 1 is 1.23 bits per heavy atom. The predicted molar refractivity (Wildman–Crippen MR) is 93.5 cm³/mol. The summed E-state index contributed by atoms with van der Waals surface area (Å²) in [5, 5.41) is 0. The third-order valence-electron chi connectivity index (χ3n) is 3.86. The van der Waals surface area contributed by atoms with Crippen LogP contribution in [0.1, 0.15) is 19.4 Å². The van der Waals surface area contributed by atoms with Gasteiger partial charge in [0.15, 0.2) is 0 Å². The van der Waals surface area contributed by atoms with Gasteiger partial charge < -0.3 is 0 Å². The topological polar surface area (TPSA) is 40.6 Å². The monoisotopic (exact) mass is 386 g/mol. The fourth-order valence-corrected chi connectivity index (χ4v) is 4.15. The molecule has 0 aromatic heterocycles. The number of aryl methyl sites for hydroxylation is 1. The zero-order valence-corrected chi connectivity index (χ0v) is 15.7. The molecule has 0 aliphatic carbocycles. The Morgan fingerprint density at radius 3 is 2.41 bits per heavy atom. The molecule has 22 heavy (non-hydrogen) atoms. The van der Waals surface area contributed by atoms with E-state index in [2.05, 4.69) is 40.8 Å². The van der Waals surface area contributed by atoms with Crippen LogP contribution in [0.3, 0.4) is 0 Å². The molecule has 1 heterocycles. The van der Waals surface area contributed by atoms with E-state index in [0.29, 0.717) is 18.0 Å². The zero-order chi connectivity index (χ0) is 16.3. The van der Waals surface area contributed by atoms with Gasteiger partial charge in [0, 0.05) is 37.2 Å². The molecular formula is C16H23BrN2O2S. The van der Waals surface area contributed by atoms with Crippen LogP contribution in [0.5, 0.6) is 0 Å². The van der Waals surface area contributed by atoms with Crippen LogP contribution < -0.4 is 0 Å². The van der Waals surface area contributed by atoms with E-state index < -0.39 is 10.0 Å². The molecule has 0 N–H and O–H groups in total. The van der Waals surface area contributed by atoms with Gasteiger partial charge in [-0.1, -0.05) is 27.6 Å². The quantitative estimate of drug-likeness (QED) is 0.746. The van der Waals surface area contributed by atoms with Crippen molar-refractivity contribution in [2.24, 2.45) is 0 Å². The minimum Gasteiger partial charge on any atom is -0.297 e. The Kier molecular flexibility index (Phi) is 5.82. The first kappa shape index (κ1) is 17.7. The van der Waals surface area contributed by atoms with E-state index in [1.54, 1.807) is 22.5 Å². The molecule has 0 atom stereocenters. The molecule has 0 spiro atoms. The average Bonchev–Trinajstić information content (AvgIpc) is 2.48. The summed E-state index contributed by atoms with van der Waals surface area (Å²) in [7, 11) is -3.39. The SMILES string of the molecule is CC(C)=CCN1CCN(S(=O)(=O)c2ccc(Br)c(C)c2)CC1. The van der Waals surface area contributed by atoms with Gasteiger partial charge in [-0.15, -0.1) is 0 Å². The lowest BCUT2D eigenvalue weighted by molar-refractivity contribution is 0.204. The summed E-state index contributed by atoms with van der Waals surface area (Å²) >= 11 is 3.41. The summed E-state index contributed by atoms with van der Waals surface area (Å²) in [5.41, 5.74) is 2.23. The molecule has 0 radical (unpaired) electrons. The standard InChI is InChI=1S/C16H23BrN2O2S/c1-13(2)6-7-18-8-10-19(11-9-18)22(20,21)15-4-5-16(17)14(3)12-15/h4-6,12H,7-11H2,1-3H3. The number of benzene rings is 1. The second-order valence-electron chi connectivity index (χ2n) is 5.90. The van der Waals surface area contributed by atoms with E-state index >= 15 is 0 Å². The van der Waals surface area contributed by atoms with E-state index in [1.807, 2.05) is 6.92 Å². The van der Waals surface area contributed by atoms with E-state index in [9.17, 15) is 8.42 Å². The third-order valence-corrected chi connectivity index (χ3v) is 6.64. The van der Waals surface area contributed by atoms with Gasteiger partial charge in [-0.3, -0.25) is 4.90 Å². The highest BCUT2D eigenvalue weighted by Gasteiger charge is 2.28. The van der Waals surface area contributed by atoms with Crippen molar-refractivity contribution in [3.63, 3.8) is 0 Å². The van der Waals surface area contributed by atoms with Gasteiger partial charge >= 0.3 is 0 Å². The van der Waals surface area contributed by atoms with Gasteiger partial charge in [-0.2, -0.15) is 4.31 Å². The minimum atomic E-state index is -3.39. The average molecular weight is 387 g/mol.